The maximum atomic E-state index is 14.7. The van der Waals surface area contributed by atoms with E-state index in [0.717, 1.165) is 83.1 Å². The van der Waals surface area contributed by atoms with Crippen molar-refractivity contribution >= 4 is 43.6 Å². The van der Waals surface area contributed by atoms with Crippen molar-refractivity contribution in [3.8, 4) is 45.3 Å². The number of halogens is 2. The fourth-order valence-corrected chi connectivity index (χ4v) is 7.52. The number of hydrogen-bond donors (Lipinski definition) is 0. The topological polar surface area (TPSA) is 35.6 Å². The normalized spacial score (nSPS) is 11.7. The van der Waals surface area contributed by atoms with Crippen LogP contribution in [0.2, 0.25) is 0 Å². The quantitative estimate of drug-likeness (QED) is 0.182. The van der Waals surface area contributed by atoms with Crippen molar-refractivity contribution < 1.29 is 8.78 Å². The molecule has 0 radical (unpaired) electrons. The van der Waals surface area contributed by atoms with Crippen molar-refractivity contribution in [3.63, 3.8) is 0 Å². The summed E-state index contributed by atoms with van der Waals surface area (Å²) in [5.74, 6) is 0.0408. The average molecular weight is 675 g/mol. The van der Waals surface area contributed by atoms with Crippen molar-refractivity contribution in [2.45, 2.75) is 0 Å². The third-order valence-corrected chi connectivity index (χ3v) is 9.81. The summed E-state index contributed by atoms with van der Waals surface area (Å²) >= 11 is 0. The van der Waals surface area contributed by atoms with Crippen LogP contribution in [0.4, 0.5) is 8.78 Å². The Morgan fingerprint density at radius 2 is 0.788 bits per heavy atom. The fourth-order valence-electron chi connectivity index (χ4n) is 7.52. The van der Waals surface area contributed by atoms with Crippen molar-refractivity contribution in [2.24, 2.45) is 0 Å². The van der Waals surface area contributed by atoms with Crippen LogP contribution in [0.25, 0.3) is 88.9 Å². The molecule has 0 unspecified atom stereocenters. The molecule has 3 aromatic heterocycles. The SMILES string of the molecule is Fc1ccc2c(c1)c1ccccc1n2-c1cc(-c2cc(-c3ccccc3)nc(-c3ccccc3)n2)cc(-n2c3ccccc3c3cc(F)ccc32)c1. The van der Waals surface area contributed by atoms with Crippen LogP contribution in [0.15, 0.2) is 170 Å². The predicted octanol–water partition coefficient (Wildman–Crippen LogP) is 11.9. The smallest absolute Gasteiger partial charge is 0.160 e. The molecule has 3 heterocycles. The van der Waals surface area contributed by atoms with Crippen molar-refractivity contribution in [3.05, 3.63) is 181 Å². The van der Waals surface area contributed by atoms with E-state index in [0.29, 0.717) is 5.82 Å². The molecule has 0 bridgehead atoms. The molecule has 10 rings (SSSR count). The van der Waals surface area contributed by atoms with Gasteiger partial charge >= 0.3 is 0 Å². The second-order valence-corrected chi connectivity index (χ2v) is 13.0. The molecule has 4 nitrogen and oxygen atoms in total. The molecule has 10 aromatic rings. The molecule has 0 spiro atoms. The molecule has 0 atom stereocenters. The molecular formula is C46H28F2N4. The van der Waals surface area contributed by atoms with Gasteiger partial charge in [-0.3, -0.25) is 0 Å². The van der Waals surface area contributed by atoms with Crippen LogP contribution in [-0.2, 0) is 0 Å². The summed E-state index contributed by atoms with van der Waals surface area (Å²) in [4.78, 5) is 10.2. The molecule has 7 aromatic carbocycles. The van der Waals surface area contributed by atoms with Crippen molar-refractivity contribution in [2.75, 3.05) is 0 Å². The second kappa shape index (κ2) is 11.9. The van der Waals surface area contributed by atoms with Gasteiger partial charge in [-0.15, -0.1) is 0 Å². The van der Waals surface area contributed by atoms with Crippen LogP contribution in [-0.4, -0.2) is 19.1 Å². The second-order valence-electron chi connectivity index (χ2n) is 13.0. The van der Waals surface area contributed by atoms with E-state index in [1.165, 1.54) is 12.1 Å². The van der Waals surface area contributed by atoms with Crippen LogP contribution in [0, 0.1) is 11.6 Å². The minimum Gasteiger partial charge on any atom is -0.309 e. The summed E-state index contributed by atoms with van der Waals surface area (Å²) in [6, 6.07) is 54.6. The van der Waals surface area contributed by atoms with Crippen LogP contribution in [0.3, 0.4) is 0 Å². The monoisotopic (exact) mass is 674 g/mol. The number of hydrogen-bond acceptors (Lipinski definition) is 2. The zero-order valence-electron chi connectivity index (χ0n) is 27.7. The van der Waals surface area contributed by atoms with Gasteiger partial charge in [-0.2, -0.15) is 0 Å². The molecule has 0 aliphatic rings. The molecule has 246 valence electrons. The highest BCUT2D eigenvalue weighted by molar-refractivity contribution is 6.10. The molecule has 0 saturated heterocycles. The molecule has 0 fully saturated rings. The summed E-state index contributed by atoms with van der Waals surface area (Å²) in [6.45, 7) is 0. The first-order chi connectivity index (χ1) is 25.6. The minimum atomic E-state index is -0.287. The molecule has 52 heavy (non-hydrogen) atoms. The maximum absolute atomic E-state index is 14.7. The lowest BCUT2D eigenvalue weighted by atomic mass is 10.0. The lowest BCUT2D eigenvalue weighted by Gasteiger charge is -2.16. The van der Waals surface area contributed by atoms with Crippen LogP contribution < -0.4 is 0 Å². The number of benzene rings is 7. The van der Waals surface area contributed by atoms with Crippen molar-refractivity contribution in [1.29, 1.82) is 0 Å². The number of para-hydroxylation sites is 2. The summed E-state index contributed by atoms with van der Waals surface area (Å²) < 4.78 is 33.8. The third-order valence-electron chi connectivity index (χ3n) is 9.81. The lowest BCUT2D eigenvalue weighted by molar-refractivity contribution is 0.629. The fraction of sp³-hybridized carbons (Fsp3) is 0. The zero-order valence-corrected chi connectivity index (χ0v) is 27.7. The Bertz CT molecular complexity index is 2790. The number of aromatic nitrogens is 4. The van der Waals surface area contributed by atoms with Gasteiger partial charge in [0.2, 0.25) is 0 Å². The van der Waals surface area contributed by atoms with Gasteiger partial charge in [0.25, 0.3) is 0 Å². The highest BCUT2D eigenvalue weighted by Crippen LogP contribution is 2.38. The predicted molar refractivity (Wildman–Crippen MR) is 207 cm³/mol. The minimum absolute atomic E-state index is 0.287. The molecule has 0 aliphatic heterocycles. The summed E-state index contributed by atoms with van der Waals surface area (Å²) in [5.41, 5.74) is 9.72. The molecule has 6 heteroatoms. The van der Waals surface area contributed by atoms with E-state index < -0.39 is 0 Å². The van der Waals surface area contributed by atoms with Gasteiger partial charge in [0, 0.05) is 49.6 Å². The van der Waals surface area contributed by atoms with E-state index >= 15 is 0 Å². The summed E-state index contributed by atoms with van der Waals surface area (Å²) in [6.07, 6.45) is 0. The lowest BCUT2D eigenvalue weighted by Crippen LogP contribution is -2.01. The Kier molecular flexibility index (Phi) is 6.83. The van der Waals surface area contributed by atoms with Crippen LogP contribution in [0.1, 0.15) is 0 Å². The molecule has 0 saturated carbocycles. The summed E-state index contributed by atoms with van der Waals surface area (Å²) in [7, 11) is 0. The van der Waals surface area contributed by atoms with Gasteiger partial charge in [0.05, 0.1) is 33.5 Å². The number of rotatable bonds is 5. The average Bonchev–Trinajstić information content (AvgIpc) is 3.70. The van der Waals surface area contributed by atoms with Crippen LogP contribution >= 0.6 is 0 Å². The Morgan fingerprint density at radius 1 is 0.346 bits per heavy atom. The van der Waals surface area contributed by atoms with E-state index in [-0.39, 0.29) is 11.6 Å². The van der Waals surface area contributed by atoms with Gasteiger partial charge in [-0.05, 0) is 72.8 Å². The van der Waals surface area contributed by atoms with Gasteiger partial charge in [0.15, 0.2) is 5.82 Å². The van der Waals surface area contributed by atoms with Gasteiger partial charge in [-0.25, -0.2) is 18.7 Å². The first-order valence-electron chi connectivity index (χ1n) is 17.1. The van der Waals surface area contributed by atoms with E-state index in [2.05, 4.69) is 51.6 Å². The summed E-state index contributed by atoms with van der Waals surface area (Å²) in [5, 5.41) is 3.57. The third kappa shape index (κ3) is 4.88. The van der Waals surface area contributed by atoms with E-state index in [1.807, 2.05) is 103 Å². The number of nitrogens with zero attached hydrogens (tertiary/aromatic N) is 4. The Balaban J connectivity index is 1.32. The Labute approximate surface area is 297 Å². The largest absolute Gasteiger partial charge is 0.309 e. The van der Waals surface area contributed by atoms with Gasteiger partial charge in [-0.1, -0.05) is 97.1 Å². The zero-order chi connectivity index (χ0) is 34.8. The van der Waals surface area contributed by atoms with E-state index in [1.54, 1.807) is 12.1 Å². The van der Waals surface area contributed by atoms with Crippen LogP contribution in [0.5, 0.6) is 0 Å². The maximum Gasteiger partial charge on any atom is 0.160 e. The Hall–Kier alpha value is -6.92. The molecular weight excluding hydrogens is 647 g/mol. The first-order valence-corrected chi connectivity index (χ1v) is 17.1. The van der Waals surface area contributed by atoms with Crippen molar-refractivity contribution in [1.82, 2.24) is 19.1 Å². The van der Waals surface area contributed by atoms with E-state index in [9.17, 15) is 8.78 Å². The highest BCUT2D eigenvalue weighted by atomic mass is 19.1. The molecule has 0 N–H and O–H groups in total. The van der Waals surface area contributed by atoms with E-state index in [4.69, 9.17) is 9.97 Å². The molecule has 0 aliphatic carbocycles. The highest BCUT2D eigenvalue weighted by Gasteiger charge is 2.19. The number of fused-ring (bicyclic) bond motifs is 6. The Morgan fingerprint density at radius 3 is 1.33 bits per heavy atom. The first kappa shape index (κ1) is 29.9. The van der Waals surface area contributed by atoms with Gasteiger partial charge in [0.1, 0.15) is 11.6 Å². The standard InChI is InChI=1S/C46H28F2N4/c47-32-19-21-44-38(25-32)36-15-7-9-17-42(36)51(44)34-23-31(24-35(27-34)52-43-18-10-8-16-37(43)39-26-33(48)20-22-45(39)52)41-28-40(29-11-3-1-4-12-29)49-46(50-41)30-13-5-2-6-14-30/h1-28H. The molecule has 0 amide bonds. The van der Waals surface area contributed by atoms with Gasteiger partial charge < -0.3 is 9.13 Å².